The van der Waals surface area contributed by atoms with E-state index in [4.69, 9.17) is 0 Å². The maximum atomic E-state index is 3.57. The fourth-order valence-electron chi connectivity index (χ4n) is 1.87. The molecule has 0 aromatic heterocycles. The van der Waals surface area contributed by atoms with Crippen molar-refractivity contribution in [2.75, 3.05) is 26.7 Å². The van der Waals surface area contributed by atoms with Crippen molar-refractivity contribution in [2.24, 2.45) is 5.41 Å². The van der Waals surface area contributed by atoms with E-state index in [1.807, 2.05) is 0 Å². The maximum Gasteiger partial charge on any atom is 0.0200 e. The normalized spacial score (nSPS) is 28.2. The van der Waals surface area contributed by atoms with Gasteiger partial charge in [0.1, 0.15) is 0 Å². The second-order valence-electron chi connectivity index (χ2n) is 4.80. The lowest BCUT2D eigenvalue weighted by Crippen LogP contribution is -2.35. The van der Waals surface area contributed by atoms with Crippen molar-refractivity contribution in [2.45, 2.75) is 33.2 Å². The molecular weight excluding hydrogens is 148 g/mol. The molecule has 1 N–H and O–H groups in total. The van der Waals surface area contributed by atoms with Crippen molar-refractivity contribution in [1.82, 2.24) is 10.2 Å². The molecule has 72 valence electrons. The molecule has 1 aliphatic rings. The Morgan fingerprint density at radius 1 is 1.50 bits per heavy atom. The minimum absolute atomic E-state index is 0.513. The first-order chi connectivity index (χ1) is 5.53. The van der Waals surface area contributed by atoms with Crippen LogP contribution in [0, 0.1) is 5.41 Å². The van der Waals surface area contributed by atoms with Crippen LogP contribution in [-0.2, 0) is 0 Å². The fraction of sp³-hybridized carbons (Fsp3) is 1.00. The monoisotopic (exact) mass is 170 g/mol. The third-order valence-electron chi connectivity index (χ3n) is 2.74. The zero-order chi connectivity index (χ0) is 9.19. The van der Waals surface area contributed by atoms with Gasteiger partial charge in [0.15, 0.2) is 0 Å². The molecule has 0 saturated carbocycles. The van der Waals surface area contributed by atoms with E-state index < -0.39 is 0 Å². The highest BCUT2D eigenvalue weighted by Gasteiger charge is 2.30. The average Bonchev–Trinajstić information content (AvgIpc) is 2.30. The Morgan fingerprint density at radius 2 is 2.17 bits per heavy atom. The van der Waals surface area contributed by atoms with Gasteiger partial charge in [-0.2, -0.15) is 0 Å². The van der Waals surface area contributed by atoms with Gasteiger partial charge >= 0.3 is 0 Å². The Kier molecular flexibility index (Phi) is 3.13. The largest absolute Gasteiger partial charge is 0.312 e. The van der Waals surface area contributed by atoms with Crippen LogP contribution in [0.25, 0.3) is 0 Å². The molecule has 0 aromatic carbocycles. The van der Waals surface area contributed by atoms with E-state index >= 15 is 0 Å². The van der Waals surface area contributed by atoms with Crippen LogP contribution in [0.5, 0.6) is 0 Å². The topological polar surface area (TPSA) is 15.3 Å². The Bertz CT molecular complexity index is 143. The third kappa shape index (κ3) is 2.76. The highest BCUT2D eigenvalue weighted by molar-refractivity contribution is 4.88. The molecule has 0 bridgehead atoms. The van der Waals surface area contributed by atoms with Gasteiger partial charge in [0.2, 0.25) is 0 Å². The number of hydrogen-bond donors (Lipinski definition) is 1. The number of hydrogen-bond acceptors (Lipinski definition) is 2. The van der Waals surface area contributed by atoms with Gasteiger partial charge in [-0.25, -0.2) is 0 Å². The van der Waals surface area contributed by atoms with E-state index in [9.17, 15) is 0 Å². The van der Waals surface area contributed by atoms with E-state index in [-0.39, 0.29) is 0 Å². The summed E-state index contributed by atoms with van der Waals surface area (Å²) < 4.78 is 0. The van der Waals surface area contributed by atoms with E-state index in [0.29, 0.717) is 11.5 Å². The molecule has 1 atom stereocenters. The summed E-state index contributed by atoms with van der Waals surface area (Å²) in [5, 5.41) is 3.57. The van der Waals surface area contributed by atoms with E-state index in [1.54, 1.807) is 0 Å². The standard InChI is InChI=1S/C10H22N2/c1-5-12(4)7-9-6-10(2,3)8-11-9/h9,11H,5-8H2,1-4H3. The molecule has 1 saturated heterocycles. The van der Waals surface area contributed by atoms with Gasteiger partial charge in [-0.3, -0.25) is 0 Å². The number of nitrogens with one attached hydrogen (secondary N) is 1. The van der Waals surface area contributed by atoms with Crippen LogP contribution in [-0.4, -0.2) is 37.6 Å². The number of nitrogens with zero attached hydrogens (tertiary/aromatic N) is 1. The van der Waals surface area contributed by atoms with Crippen molar-refractivity contribution in [3.63, 3.8) is 0 Å². The summed E-state index contributed by atoms with van der Waals surface area (Å²) in [7, 11) is 2.19. The van der Waals surface area contributed by atoms with E-state index in [0.717, 1.165) is 6.54 Å². The van der Waals surface area contributed by atoms with Crippen LogP contribution in [0.15, 0.2) is 0 Å². The van der Waals surface area contributed by atoms with Gasteiger partial charge in [0.05, 0.1) is 0 Å². The van der Waals surface area contributed by atoms with Gasteiger partial charge in [0.25, 0.3) is 0 Å². The molecule has 0 aliphatic carbocycles. The van der Waals surface area contributed by atoms with Gasteiger partial charge in [0, 0.05) is 19.1 Å². The van der Waals surface area contributed by atoms with Crippen molar-refractivity contribution >= 4 is 0 Å². The number of rotatable bonds is 3. The fourth-order valence-corrected chi connectivity index (χ4v) is 1.87. The molecule has 2 nitrogen and oxygen atoms in total. The first kappa shape index (κ1) is 10.0. The Morgan fingerprint density at radius 3 is 2.58 bits per heavy atom. The van der Waals surface area contributed by atoms with Gasteiger partial charge in [-0.15, -0.1) is 0 Å². The van der Waals surface area contributed by atoms with Gasteiger partial charge in [-0.1, -0.05) is 20.8 Å². The molecule has 1 unspecified atom stereocenters. The van der Waals surface area contributed by atoms with Crippen molar-refractivity contribution in [1.29, 1.82) is 0 Å². The first-order valence-electron chi connectivity index (χ1n) is 4.95. The summed E-state index contributed by atoms with van der Waals surface area (Å²) in [6.45, 7) is 10.4. The van der Waals surface area contributed by atoms with Crippen LogP contribution in [0.4, 0.5) is 0 Å². The lowest BCUT2D eigenvalue weighted by Gasteiger charge is -2.20. The Balaban J connectivity index is 2.28. The molecule has 1 aliphatic heterocycles. The van der Waals surface area contributed by atoms with E-state index in [2.05, 4.69) is 38.0 Å². The summed E-state index contributed by atoms with van der Waals surface area (Å²) >= 11 is 0. The second-order valence-corrected chi connectivity index (χ2v) is 4.80. The predicted molar refractivity (Wildman–Crippen MR) is 53.4 cm³/mol. The predicted octanol–water partition coefficient (Wildman–Crippen LogP) is 1.33. The second kappa shape index (κ2) is 3.75. The molecule has 12 heavy (non-hydrogen) atoms. The molecule has 0 amide bonds. The molecule has 0 spiro atoms. The van der Waals surface area contributed by atoms with Crippen LogP contribution in [0.2, 0.25) is 0 Å². The summed E-state index contributed by atoms with van der Waals surface area (Å²) in [5.41, 5.74) is 0.513. The molecular formula is C10H22N2. The molecule has 1 fully saturated rings. The first-order valence-corrected chi connectivity index (χ1v) is 4.95. The number of likely N-dealkylation sites (N-methyl/N-ethyl adjacent to an activating group) is 1. The highest BCUT2D eigenvalue weighted by Crippen LogP contribution is 2.27. The van der Waals surface area contributed by atoms with Crippen molar-refractivity contribution in [3.05, 3.63) is 0 Å². The summed E-state index contributed by atoms with van der Waals surface area (Å²) in [5.74, 6) is 0. The zero-order valence-electron chi connectivity index (χ0n) is 8.85. The summed E-state index contributed by atoms with van der Waals surface area (Å²) in [4.78, 5) is 2.37. The van der Waals surface area contributed by atoms with Crippen LogP contribution in [0.3, 0.4) is 0 Å². The third-order valence-corrected chi connectivity index (χ3v) is 2.74. The van der Waals surface area contributed by atoms with E-state index in [1.165, 1.54) is 19.5 Å². The maximum absolute atomic E-state index is 3.57. The Labute approximate surface area is 76.3 Å². The SMILES string of the molecule is CCN(C)CC1CC(C)(C)CN1. The van der Waals surface area contributed by atoms with Gasteiger partial charge < -0.3 is 10.2 Å². The highest BCUT2D eigenvalue weighted by atomic mass is 15.1. The van der Waals surface area contributed by atoms with Crippen molar-refractivity contribution < 1.29 is 0 Å². The minimum Gasteiger partial charge on any atom is -0.312 e. The van der Waals surface area contributed by atoms with Crippen LogP contribution in [0.1, 0.15) is 27.2 Å². The summed E-state index contributed by atoms with van der Waals surface area (Å²) in [6.07, 6.45) is 1.32. The minimum atomic E-state index is 0.513. The van der Waals surface area contributed by atoms with Crippen LogP contribution >= 0.6 is 0 Å². The summed E-state index contributed by atoms with van der Waals surface area (Å²) in [6, 6.07) is 0.713. The van der Waals surface area contributed by atoms with Crippen LogP contribution < -0.4 is 5.32 Å². The zero-order valence-corrected chi connectivity index (χ0v) is 8.85. The smallest absolute Gasteiger partial charge is 0.0200 e. The molecule has 1 heterocycles. The average molecular weight is 170 g/mol. The van der Waals surface area contributed by atoms with Crippen molar-refractivity contribution in [3.8, 4) is 0 Å². The lowest BCUT2D eigenvalue weighted by molar-refractivity contribution is 0.303. The van der Waals surface area contributed by atoms with Gasteiger partial charge in [-0.05, 0) is 25.4 Å². The molecule has 2 heteroatoms. The molecule has 0 radical (unpaired) electrons. The quantitative estimate of drug-likeness (QED) is 0.687. The lowest BCUT2D eigenvalue weighted by atomic mass is 9.90. The Hall–Kier alpha value is -0.0800. The molecule has 0 aromatic rings. The molecule has 1 rings (SSSR count).